The van der Waals surface area contributed by atoms with Gasteiger partial charge in [-0.05, 0) is 23.5 Å². The average Bonchev–Trinajstić information content (AvgIpc) is 2.42. The summed E-state index contributed by atoms with van der Waals surface area (Å²) < 4.78 is 5.60. The summed E-state index contributed by atoms with van der Waals surface area (Å²) in [7, 11) is -2.94. The maximum absolute atomic E-state index is 11.3. The fraction of sp³-hybridized carbons (Fsp3) is 0.556. The summed E-state index contributed by atoms with van der Waals surface area (Å²) in [6.45, 7) is 2.44. The van der Waals surface area contributed by atoms with E-state index >= 15 is 0 Å². The summed E-state index contributed by atoms with van der Waals surface area (Å²) in [4.78, 5) is 11.3. The van der Waals surface area contributed by atoms with Crippen LogP contribution in [0.5, 0.6) is 0 Å². The molecule has 1 heterocycles. The van der Waals surface area contributed by atoms with Crippen molar-refractivity contribution in [1.29, 1.82) is 0 Å². The van der Waals surface area contributed by atoms with Crippen molar-refractivity contribution in [3.05, 3.63) is 11.5 Å². The van der Waals surface area contributed by atoms with E-state index in [2.05, 4.69) is 15.9 Å². The van der Waals surface area contributed by atoms with Crippen LogP contribution in [0.3, 0.4) is 0 Å². The third kappa shape index (κ3) is 1.94. The molecule has 5 heteroatoms. The SMILES string of the molecule is CCCOS1(C)(C(=O)O)=CC(Br)C=C1. The average molecular weight is 283 g/mol. The van der Waals surface area contributed by atoms with Crippen molar-refractivity contribution in [3.8, 4) is 0 Å². The second kappa shape index (κ2) is 3.79. The summed E-state index contributed by atoms with van der Waals surface area (Å²) in [5.41, 5.74) is 0. The Bertz CT molecular complexity index is 348. The number of hydrogen-bond acceptors (Lipinski definition) is 2. The van der Waals surface area contributed by atoms with Crippen molar-refractivity contribution in [3.63, 3.8) is 0 Å². The molecule has 0 saturated carbocycles. The molecule has 3 nitrogen and oxygen atoms in total. The van der Waals surface area contributed by atoms with E-state index in [4.69, 9.17) is 4.18 Å². The van der Waals surface area contributed by atoms with Crippen LogP contribution in [-0.4, -0.2) is 33.5 Å². The van der Waals surface area contributed by atoms with Crippen molar-refractivity contribution < 1.29 is 14.1 Å². The van der Waals surface area contributed by atoms with E-state index < -0.39 is 14.3 Å². The number of halogens is 1. The van der Waals surface area contributed by atoms with Crippen LogP contribution in [0.1, 0.15) is 13.3 Å². The van der Waals surface area contributed by atoms with Gasteiger partial charge in [-0.25, -0.2) is 4.79 Å². The maximum atomic E-state index is 11.3. The first-order chi connectivity index (χ1) is 6.41. The lowest BCUT2D eigenvalue weighted by Gasteiger charge is -2.36. The molecule has 1 N–H and O–H groups in total. The summed E-state index contributed by atoms with van der Waals surface area (Å²) >= 11 is 3.35. The van der Waals surface area contributed by atoms with Crippen LogP contribution in [0, 0.1) is 0 Å². The largest absolute Gasteiger partial charge is 0.473 e. The van der Waals surface area contributed by atoms with E-state index in [1.807, 2.05) is 13.0 Å². The molecule has 0 aliphatic carbocycles. The molecule has 1 aliphatic rings. The standard InChI is InChI=1S/C9H15BrO3S/c1-3-5-13-14(2,9(11)12)6-4-8(10)7-14/h4,6-8H,3,5H2,1-2H3,(H,11,12). The van der Waals surface area contributed by atoms with E-state index in [-0.39, 0.29) is 4.83 Å². The van der Waals surface area contributed by atoms with Gasteiger partial charge in [0.15, 0.2) is 0 Å². The molecule has 1 unspecified atom stereocenters. The van der Waals surface area contributed by atoms with E-state index in [0.717, 1.165) is 6.42 Å². The lowest BCUT2D eigenvalue weighted by molar-refractivity contribution is 0.216. The molecule has 0 fully saturated rings. The maximum Gasteiger partial charge on any atom is 0.367 e. The molecule has 0 aromatic carbocycles. The third-order valence-corrected chi connectivity index (χ3v) is 6.53. The summed E-state index contributed by atoms with van der Waals surface area (Å²) in [6, 6.07) is 0. The van der Waals surface area contributed by atoms with Crippen molar-refractivity contribution in [2.24, 2.45) is 0 Å². The first kappa shape index (κ1) is 11.9. The zero-order chi connectivity index (χ0) is 10.8. The van der Waals surface area contributed by atoms with E-state index in [1.165, 1.54) is 0 Å². The van der Waals surface area contributed by atoms with Crippen LogP contribution in [0.2, 0.25) is 0 Å². The van der Waals surface area contributed by atoms with Gasteiger partial charge in [-0.1, -0.05) is 38.0 Å². The van der Waals surface area contributed by atoms with Gasteiger partial charge < -0.3 is 9.29 Å². The van der Waals surface area contributed by atoms with Crippen LogP contribution in [0.15, 0.2) is 11.5 Å². The fourth-order valence-corrected chi connectivity index (χ4v) is 5.69. The van der Waals surface area contributed by atoms with E-state index in [9.17, 15) is 9.90 Å². The highest BCUT2D eigenvalue weighted by atomic mass is 79.9. The number of carbonyl (C=O) groups is 1. The number of rotatable bonds is 3. The highest BCUT2D eigenvalue weighted by molar-refractivity contribution is 9.10. The molecule has 1 aliphatic heterocycles. The molecule has 0 aromatic rings. The Hall–Kier alpha value is -0.130. The molecule has 14 heavy (non-hydrogen) atoms. The molecular weight excluding hydrogens is 268 g/mol. The Morgan fingerprint density at radius 2 is 2.36 bits per heavy atom. The monoisotopic (exact) mass is 282 g/mol. The molecule has 0 spiro atoms. The fourth-order valence-electron chi connectivity index (χ4n) is 1.23. The molecule has 0 amide bonds. The van der Waals surface area contributed by atoms with Gasteiger partial charge in [0.25, 0.3) is 0 Å². The van der Waals surface area contributed by atoms with Gasteiger partial charge in [-0.15, -0.1) is 0 Å². The Kier molecular flexibility index (Phi) is 3.23. The van der Waals surface area contributed by atoms with Crippen LogP contribution in [0.4, 0.5) is 4.79 Å². The van der Waals surface area contributed by atoms with Crippen molar-refractivity contribution in [2.75, 3.05) is 12.9 Å². The topological polar surface area (TPSA) is 46.5 Å². The van der Waals surface area contributed by atoms with Gasteiger partial charge in [0.1, 0.15) is 0 Å². The molecule has 1 atom stereocenters. The number of alkyl halides is 1. The predicted octanol–water partition coefficient (Wildman–Crippen LogP) is 3.07. The summed E-state index contributed by atoms with van der Waals surface area (Å²) in [6.07, 6.45) is 4.33. The zero-order valence-electron chi connectivity index (χ0n) is 8.27. The zero-order valence-corrected chi connectivity index (χ0v) is 10.7. The Morgan fingerprint density at radius 3 is 2.71 bits per heavy atom. The van der Waals surface area contributed by atoms with Crippen molar-refractivity contribution in [2.45, 2.75) is 18.2 Å². The quantitative estimate of drug-likeness (QED) is 0.639. The Balaban J connectivity index is 3.11. The minimum Gasteiger partial charge on any atom is -0.473 e. The minimum atomic E-state index is -2.94. The van der Waals surface area contributed by atoms with E-state index in [0.29, 0.717) is 6.61 Å². The Morgan fingerprint density at radius 1 is 1.71 bits per heavy atom. The molecule has 0 aromatic heterocycles. The van der Waals surface area contributed by atoms with Crippen LogP contribution in [-0.2, 0) is 4.18 Å². The molecule has 82 valence electrons. The van der Waals surface area contributed by atoms with Gasteiger partial charge in [-0.2, -0.15) is 0 Å². The lowest BCUT2D eigenvalue weighted by Crippen LogP contribution is -2.19. The molecule has 1 rings (SSSR count). The second-order valence-corrected chi connectivity index (χ2v) is 8.65. The number of carboxylic acid groups (broad SMARTS) is 1. The number of hydrogen-bond donors (Lipinski definition) is 1. The molecule has 0 radical (unpaired) electrons. The summed E-state index contributed by atoms with van der Waals surface area (Å²) in [5, 5.41) is 11.9. The molecular formula is C9H15BrO3S. The highest BCUT2D eigenvalue weighted by Gasteiger charge is 2.37. The van der Waals surface area contributed by atoms with E-state index in [1.54, 1.807) is 17.0 Å². The Labute approximate surface area is 92.3 Å². The van der Waals surface area contributed by atoms with Gasteiger partial charge in [0.05, 0.1) is 11.4 Å². The van der Waals surface area contributed by atoms with Crippen LogP contribution in [0.25, 0.3) is 0 Å². The highest BCUT2D eigenvalue weighted by Crippen LogP contribution is 2.61. The first-order valence-corrected chi connectivity index (χ1v) is 7.81. The van der Waals surface area contributed by atoms with Gasteiger partial charge in [0, 0.05) is 0 Å². The second-order valence-electron chi connectivity index (χ2n) is 3.49. The molecule has 0 bridgehead atoms. The van der Waals surface area contributed by atoms with Crippen molar-refractivity contribution in [1.82, 2.24) is 0 Å². The van der Waals surface area contributed by atoms with Gasteiger partial charge >= 0.3 is 5.30 Å². The van der Waals surface area contributed by atoms with Gasteiger partial charge in [-0.3, -0.25) is 0 Å². The van der Waals surface area contributed by atoms with Crippen molar-refractivity contribution >= 4 is 35.6 Å². The molecule has 0 saturated heterocycles. The smallest absolute Gasteiger partial charge is 0.367 e. The van der Waals surface area contributed by atoms with Gasteiger partial charge in [0.2, 0.25) is 0 Å². The normalized spacial score (nSPS) is 30.2. The minimum absolute atomic E-state index is 0.00227. The lowest BCUT2D eigenvalue weighted by atomic mass is 10.5. The van der Waals surface area contributed by atoms with Crippen LogP contribution < -0.4 is 0 Å². The number of allylic oxidation sites excluding steroid dienone is 1. The third-order valence-electron chi connectivity index (χ3n) is 2.12. The first-order valence-electron chi connectivity index (χ1n) is 4.39. The van der Waals surface area contributed by atoms with Crippen LogP contribution >= 0.6 is 25.0 Å². The predicted molar refractivity (Wildman–Crippen MR) is 65.7 cm³/mol. The summed E-state index contributed by atoms with van der Waals surface area (Å²) in [5.74, 6) is 0.